The lowest BCUT2D eigenvalue weighted by atomic mass is 10.2. The molecular formula is C6H6F2O4. The Morgan fingerprint density at radius 1 is 1.33 bits per heavy atom. The highest BCUT2D eigenvalue weighted by Crippen LogP contribution is 1.99. The standard InChI is InChI=1S/C6H6F2O4/c1-12-6(11)4(10)2-3(9)5(7)8/h5H,2H2,1H3. The first-order valence-corrected chi connectivity index (χ1v) is 2.91. The average molecular weight is 180 g/mol. The Kier molecular flexibility index (Phi) is 4.03. The Morgan fingerprint density at radius 3 is 2.17 bits per heavy atom. The van der Waals surface area contributed by atoms with Crippen LogP contribution < -0.4 is 0 Å². The largest absolute Gasteiger partial charge is 0.463 e. The van der Waals surface area contributed by atoms with Gasteiger partial charge in [0, 0.05) is 0 Å². The van der Waals surface area contributed by atoms with E-state index in [0.29, 0.717) is 0 Å². The molecule has 0 saturated carbocycles. The first-order chi connectivity index (χ1) is 5.49. The number of methoxy groups -OCH3 is 1. The number of carbonyl (C=O) groups excluding carboxylic acids is 3. The zero-order chi connectivity index (χ0) is 9.72. The summed E-state index contributed by atoms with van der Waals surface area (Å²) >= 11 is 0. The van der Waals surface area contributed by atoms with Crippen molar-refractivity contribution >= 4 is 17.5 Å². The summed E-state index contributed by atoms with van der Waals surface area (Å²) in [5.74, 6) is -4.13. The van der Waals surface area contributed by atoms with Gasteiger partial charge >= 0.3 is 5.97 Å². The van der Waals surface area contributed by atoms with Crippen molar-refractivity contribution in [1.29, 1.82) is 0 Å². The number of ether oxygens (including phenoxy) is 1. The summed E-state index contributed by atoms with van der Waals surface area (Å²) < 4.78 is 26.9. The highest BCUT2D eigenvalue weighted by atomic mass is 19.3. The van der Waals surface area contributed by atoms with E-state index in [0.717, 1.165) is 7.11 Å². The lowest BCUT2D eigenvalue weighted by molar-refractivity contribution is -0.153. The number of halogens is 2. The molecule has 0 aliphatic rings. The van der Waals surface area contributed by atoms with Gasteiger partial charge in [0.15, 0.2) is 0 Å². The Balaban J connectivity index is 4.02. The van der Waals surface area contributed by atoms with E-state index in [4.69, 9.17) is 0 Å². The van der Waals surface area contributed by atoms with E-state index in [9.17, 15) is 23.2 Å². The van der Waals surface area contributed by atoms with Crippen LogP contribution in [0, 0.1) is 0 Å². The van der Waals surface area contributed by atoms with Gasteiger partial charge in [0.25, 0.3) is 6.43 Å². The first-order valence-electron chi connectivity index (χ1n) is 2.91. The second-order valence-corrected chi connectivity index (χ2v) is 1.86. The highest BCUT2D eigenvalue weighted by molar-refractivity contribution is 6.37. The first kappa shape index (κ1) is 10.7. The molecule has 0 atom stereocenters. The molecule has 0 aromatic rings. The Hall–Kier alpha value is -1.33. The van der Waals surface area contributed by atoms with Crippen LogP contribution in [0.3, 0.4) is 0 Å². The van der Waals surface area contributed by atoms with Gasteiger partial charge in [-0.2, -0.15) is 0 Å². The number of Topliss-reactive ketones (excluding diaryl/α,β-unsaturated/α-hetero) is 2. The van der Waals surface area contributed by atoms with Crippen LogP contribution in [0.15, 0.2) is 0 Å². The molecule has 0 bridgehead atoms. The third kappa shape index (κ3) is 3.18. The SMILES string of the molecule is COC(=O)C(=O)CC(=O)C(F)F. The molecule has 0 heterocycles. The van der Waals surface area contributed by atoms with Gasteiger partial charge in [-0.1, -0.05) is 0 Å². The molecule has 4 nitrogen and oxygen atoms in total. The van der Waals surface area contributed by atoms with Crippen molar-refractivity contribution in [3.05, 3.63) is 0 Å². The number of carbonyl (C=O) groups is 3. The number of alkyl halides is 2. The lowest BCUT2D eigenvalue weighted by Crippen LogP contribution is -2.22. The van der Waals surface area contributed by atoms with Crippen molar-refractivity contribution in [3.8, 4) is 0 Å². The number of ketones is 2. The molecule has 0 spiro atoms. The van der Waals surface area contributed by atoms with Gasteiger partial charge in [0.2, 0.25) is 11.6 Å². The molecule has 12 heavy (non-hydrogen) atoms. The van der Waals surface area contributed by atoms with Crippen LogP contribution in [0.5, 0.6) is 0 Å². The predicted octanol–water partition coefficient (Wildman–Crippen LogP) is -0.0472. The Bertz CT molecular complexity index is 212. The van der Waals surface area contributed by atoms with Crippen molar-refractivity contribution < 1.29 is 27.9 Å². The monoisotopic (exact) mass is 180 g/mol. The molecule has 0 radical (unpaired) electrons. The fourth-order valence-electron chi connectivity index (χ4n) is 0.421. The maximum Gasteiger partial charge on any atom is 0.374 e. The van der Waals surface area contributed by atoms with Crippen molar-refractivity contribution in [2.24, 2.45) is 0 Å². The molecule has 68 valence electrons. The smallest absolute Gasteiger partial charge is 0.374 e. The van der Waals surface area contributed by atoms with Crippen LogP contribution in [0.1, 0.15) is 6.42 Å². The molecule has 0 aromatic carbocycles. The van der Waals surface area contributed by atoms with Gasteiger partial charge in [0.05, 0.1) is 13.5 Å². The molecule has 6 heteroatoms. The average Bonchev–Trinajstić information content (AvgIpc) is 2.02. The van der Waals surface area contributed by atoms with Crippen LogP contribution in [0.4, 0.5) is 8.78 Å². The predicted molar refractivity (Wildman–Crippen MR) is 32.7 cm³/mol. The molecule has 0 N–H and O–H groups in total. The van der Waals surface area contributed by atoms with E-state index in [1.807, 2.05) is 0 Å². The van der Waals surface area contributed by atoms with Gasteiger partial charge < -0.3 is 4.74 Å². The normalized spacial score (nSPS) is 9.67. The maximum absolute atomic E-state index is 11.5. The maximum atomic E-state index is 11.5. The number of hydrogen-bond donors (Lipinski definition) is 0. The van der Waals surface area contributed by atoms with E-state index in [2.05, 4.69) is 4.74 Å². The molecule has 0 aliphatic carbocycles. The summed E-state index contributed by atoms with van der Waals surface area (Å²) in [6.07, 6.45) is -4.33. The van der Waals surface area contributed by atoms with Crippen molar-refractivity contribution in [2.45, 2.75) is 12.8 Å². The second-order valence-electron chi connectivity index (χ2n) is 1.86. The van der Waals surface area contributed by atoms with Crippen molar-refractivity contribution in [3.63, 3.8) is 0 Å². The fourth-order valence-corrected chi connectivity index (χ4v) is 0.421. The Morgan fingerprint density at radius 2 is 1.83 bits per heavy atom. The fraction of sp³-hybridized carbons (Fsp3) is 0.500. The summed E-state index contributed by atoms with van der Waals surface area (Å²) in [6, 6.07) is 0. The number of rotatable bonds is 4. The third-order valence-corrected chi connectivity index (χ3v) is 0.991. The highest BCUT2D eigenvalue weighted by Gasteiger charge is 2.23. The van der Waals surface area contributed by atoms with Gasteiger partial charge in [-0.3, -0.25) is 9.59 Å². The summed E-state index contributed by atoms with van der Waals surface area (Å²) in [5.41, 5.74) is 0. The van der Waals surface area contributed by atoms with Crippen LogP contribution >= 0.6 is 0 Å². The number of esters is 1. The second kappa shape index (κ2) is 4.53. The van der Waals surface area contributed by atoms with Crippen molar-refractivity contribution in [2.75, 3.05) is 7.11 Å². The molecule has 0 rings (SSSR count). The number of hydrogen-bond acceptors (Lipinski definition) is 4. The summed E-state index contributed by atoms with van der Waals surface area (Å²) in [6.45, 7) is 0. The van der Waals surface area contributed by atoms with Crippen molar-refractivity contribution in [1.82, 2.24) is 0 Å². The van der Waals surface area contributed by atoms with E-state index >= 15 is 0 Å². The molecule has 0 amide bonds. The van der Waals surface area contributed by atoms with E-state index in [1.165, 1.54) is 0 Å². The van der Waals surface area contributed by atoms with Gasteiger partial charge in [-0.15, -0.1) is 0 Å². The minimum atomic E-state index is -3.22. The third-order valence-electron chi connectivity index (χ3n) is 0.991. The summed E-state index contributed by atoms with van der Waals surface area (Å²) in [5, 5.41) is 0. The summed E-state index contributed by atoms with van der Waals surface area (Å²) in [7, 11) is 0.924. The van der Waals surface area contributed by atoms with Crippen LogP contribution in [-0.2, 0) is 19.1 Å². The van der Waals surface area contributed by atoms with E-state index in [1.54, 1.807) is 0 Å². The molecular weight excluding hydrogens is 174 g/mol. The quantitative estimate of drug-likeness (QED) is 0.346. The zero-order valence-electron chi connectivity index (χ0n) is 6.17. The molecule has 0 aliphatic heterocycles. The van der Waals surface area contributed by atoms with Crippen LogP contribution in [0.25, 0.3) is 0 Å². The minimum absolute atomic E-state index is 0.924. The Labute approximate surface area is 66.5 Å². The summed E-state index contributed by atoms with van der Waals surface area (Å²) in [4.78, 5) is 31.0. The van der Waals surface area contributed by atoms with Gasteiger partial charge in [-0.25, -0.2) is 13.6 Å². The van der Waals surface area contributed by atoms with Crippen LogP contribution in [0.2, 0.25) is 0 Å². The van der Waals surface area contributed by atoms with E-state index < -0.39 is 30.4 Å². The topological polar surface area (TPSA) is 60.4 Å². The van der Waals surface area contributed by atoms with Gasteiger partial charge in [-0.05, 0) is 0 Å². The van der Waals surface area contributed by atoms with Crippen LogP contribution in [-0.4, -0.2) is 31.1 Å². The lowest BCUT2D eigenvalue weighted by Gasteiger charge is -1.96. The molecule has 0 saturated heterocycles. The minimum Gasteiger partial charge on any atom is -0.463 e. The van der Waals surface area contributed by atoms with E-state index in [-0.39, 0.29) is 0 Å². The van der Waals surface area contributed by atoms with Gasteiger partial charge in [0.1, 0.15) is 0 Å². The molecule has 0 aromatic heterocycles. The zero-order valence-corrected chi connectivity index (χ0v) is 6.17. The molecule has 0 unspecified atom stereocenters. The molecule has 0 fully saturated rings.